The first kappa shape index (κ1) is 16.9. The Morgan fingerprint density at radius 1 is 1.25 bits per heavy atom. The Morgan fingerprint density at radius 3 is 2.67 bits per heavy atom. The Labute approximate surface area is 147 Å². The number of carbonyl (C=O) groups excluding carboxylic acids is 1. The molecule has 2 aromatic rings. The Morgan fingerprint density at radius 2 is 2.04 bits per heavy atom. The molecule has 5 nitrogen and oxygen atoms in total. The van der Waals surface area contributed by atoms with Gasteiger partial charge in [-0.15, -0.1) is 11.3 Å². The molecule has 0 bridgehead atoms. The molecule has 1 fully saturated rings. The number of anilines is 1. The smallest absolute Gasteiger partial charge is 0.252 e. The summed E-state index contributed by atoms with van der Waals surface area (Å²) in [6, 6.07) is 3.83. The molecular weight excluding hydrogens is 320 g/mol. The summed E-state index contributed by atoms with van der Waals surface area (Å²) in [4.78, 5) is 23.4. The van der Waals surface area contributed by atoms with Crippen LogP contribution in [0.4, 0.5) is 5.82 Å². The number of rotatable bonds is 5. The van der Waals surface area contributed by atoms with Crippen LogP contribution in [-0.4, -0.2) is 35.5 Å². The lowest BCUT2D eigenvalue weighted by molar-refractivity contribution is 0.0953. The van der Waals surface area contributed by atoms with Gasteiger partial charge in [-0.25, -0.2) is 9.97 Å². The van der Waals surface area contributed by atoms with Gasteiger partial charge < -0.3 is 10.2 Å². The van der Waals surface area contributed by atoms with E-state index in [-0.39, 0.29) is 5.91 Å². The minimum Gasteiger partial charge on any atom is -0.357 e. The zero-order valence-corrected chi connectivity index (χ0v) is 14.9. The molecule has 6 heteroatoms. The van der Waals surface area contributed by atoms with Crippen LogP contribution in [0.2, 0.25) is 0 Å². The maximum absolute atomic E-state index is 12.2. The van der Waals surface area contributed by atoms with E-state index in [4.69, 9.17) is 0 Å². The number of aromatic nitrogens is 2. The first-order valence-corrected chi connectivity index (χ1v) is 9.50. The van der Waals surface area contributed by atoms with E-state index in [1.54, 1.807) is 17.5 Å². The lowest BCUT2D eigenvalue weighted by atomic mass is 10.2. The number of thiazole rings is 1. The molecule has 24 heavy (non-hydrogen) atoms. The van der Waals surface area contributed by atoms with E-state index in [9.17, 15) is 4.79 Å². The van der Waals surface area contributed by atoms with Crippen molar-refractivity contribution in [3.8, 4) is 0 Å². The molecule has 1 aliphatic rings. The highest BCUT2D eigenvalue weighted by molar-refractivity contribution is 7.09. The molecule has 2 aromatic heterocycles. The molecule has 0 atom stereocenters. The average molecular weight is 344 g/mol. The maximum atomic E-state index is 12.2. The summed E-state index contributed by atoms with van der Waals surface area (Å²) in [5, 5.41) is 6.04. The fraction of sp³-hybridized carbons (Fsp3) is 0.500. The van der Waals surface area contributed by atoms with Crippen LogP contribution in [0.25, 0.3) is 0 Å². The summed E-state index contributed by atoms with van der Waals surface area (Å²) in [6.45, 7) is 4.71. The highest BCUT2D eigenvalue weighted by Gasteiger charge is 2.12. The van der Waals surface area contributed by atoms with Crippen LogP contribution in [0.3, 0.4) is 0 Å². The summed E-state index contributed by atoms with van der Waals surface area (Å²) < 4.78 is 0. The number of nitrogens with zero attached hydrogens (tertiary/aromatic N) is 3. The van der Waals surface area contributed by atoms with Crippen LogP contribution < -0.4 is 10.2 Å². The number of hydrogen-bond acceptors (Lipinski definition) is 5. The van der Waals surface area contributed by atoms with Gasteiger partial charge in [0.1, 0.15) is 5.82 Å². The third-order valence-corrected chi connectivity index (χ3v) is 5.10. The van der Waals surface area contributed by atoms with Crippen LogP contribution in [0.5, 0.6) is 0 Å². The molecule has 1 N–H and O–H groups in total. The van der Waals surface area contributed by atoms with Gasteiger partial charge in [0.05, 0.1) is 16.3 Å². The largest absolute Gasteiger partial charge is 0.357 e. The number of aryl methyl sites for hydroxylation is 1. The van der Waals surface area contributed by atoms with Gasteiger partial charge in [-0.1, -0.05) is 12.8 Å². The molecule has 3 heterocycles. The zero-order valence-electron chi connectivity index (χ0n) is 14.1. The van der Waals surface area contributed by atoms with Gasteiger partial charge in [-0.3, -0.25) is 4.79 Å². The minimum absolute atomic E-state index is 0.0723. The van der Waals surface area contributed by atoms with Crippen molar-refractivity contribution in [3.05, 3.63) is 40.0 Å². The molecule has 1 amide bonds. The Hall–Kier alpha value is -1.95. The second-order valence-corrected chi connectivity index (χ2v) is 7.23. The van der Waals surface area contributed by atoms with E-state index < -0.39 is 0 Å². The highest BCUT2D eigenvalue weighted by Crippen LogP contribution is 2.17. The summed E-state index contributed by atoms with van der Waals surface area (Å²) in [6.07, 6.45) is 7.49. The van der Waals surface area contributed by atoms with E-state index in [0.29, 0.717) is 12.1 Å². The molecule has 1 saturated heterocycles. The van der Waals surface area contributed by atoms with Gasteiger partial charge in [0, 0.05) is 37.6 Å². The van der Waals surface area contributed by atoms with Crippen LogP contribution in [0.1, 0.15) is 46.7 Å². The van der Waals surface area contributed by atoms with Crippen molar-refractivity contribution >= 4 is 23.1 Å². The molecule has 0 spiro atoms. The van der Waals surface area contributed by atoms with E-state index >= 15 is 0 Å². The molecule has 3 rings (SSSR count). The second-order valence-electron chi connectivity index (χ2n) is 6.17. The van der Waals surface area contributed by atoms with Gasteiger partial charge in [0.15, 0.2) is 0 Å². The van der Waals surface area contributed by atoms with Crippen molar-refractivity contribution in [1.29, 1.82) is 0 Å². The molecular formula is C18H24N4OS. The summed E-state index contributed by atoms with van der Waals surface area (Å²) in [5.74, 6) is 0.906. The van der Waals surface area contributed by atoms with E-state index in [0.717, 1.165) is 36.0 Å². The average Bonchev–Trinajstić information content (AvgIpc) is 2.85. The summed E-state index contributed by atoms with van der Waals surface area (Å²) in [5.41, 5.74) is 1.65. The van der Waals surface area contributed by atoms with Gasteiger partial charge in [-0.2, -0.15) is 0 Å². The second kappa shape index (κ2) is 8.24. The van der Waals surface area contributed by atoms with Crippen molar-refractivity contribution in [1.82, 2.24) is 15.3 Å². The fourth-order valence-corrected chi connectivity index (χ4v) is 3.58. The topological polar surface area (TPSA) is 58.1 Å². The van der Waals surface area contributed by atoms with Crippen molar-refractivity contribution in [2.75, 3.05) is 24.5 Å². The predicted molar refractivity (Wildman–Crippen MR) is 97.8 cm³/mol. The highest BCUT2D eigenvalue weighted by atomic mass is 32.1. The van der Waals surface area contributed by atoms with Crippen LogP contribution in [0.15, 0.2) is 23.7 Å². The predicted octanol–water partition coefficient (Wildman–Crippen LogP) is 3.20. The number of carbonyl (C=O) groups is 1. The fourth-order valence-electron chi connectivity index (χ4n) is 2.94. The van der Waals surface area contributed by atoms with E-state index in [1.807, 2.05) is 24.4 Å². The van der Waals surface area contributed by atoms with Crippen LogP contribution in [0, 0.1) is 6.92 Å². The number of pyridine rings is 1. The van der Waals surface area contributed by atoms with Crippen LogP contribution >= 0.6 is 11.3 Å². The molecule has 0 aliphatic carbocycles. The van der Waals surface area contributed by atoms with E-state index in [1.165, 1.54) is 25.7 Å². The van der Waals surface area contributed by atoms with Crippen molar-refractivity contribution in [2.45, 2.75) is 39.0 Å². The molecule has 1 aliphatic heterocycles. The Kier molecular flexibility index (Phi) is 5.80. The lowest BCUT2D eigenvalue weighted by Gasteiger charge is -2.21. The first-order valence-electron chi connectivity index (χ1n) is 8.62. The minimum atomic E-state index is -0.0723. The normalized spacial score (nSPS) is 15.1. The third kappa shape index (κ3) is 4.54. The summed E-state index contributed by atoms with van der Waals surface area (Å²) in [7, 11) is 0. The maximum Gasteiger partial charge on any atom is 0.252 e. The third-order valence-electron chi connectivity index (χ3n) is 4.27. The molecule has 0 unspecified atom stereocenters. The Balaban J connectivity index is 1.51. The quantitative estimate of drug-likeness (QED) is 0.905. The van der Waals surface area contributed by atoms with Gasteiger partial charge >= 0.3 is 0 Å². The monoisotopic (exact) mass is 344 g/mol. The molecule has 0 aromatic carbocycles. The van der Waals surface area contributed by atoms with Gasteiger partial charge in [-0.05, 0) is 31.9 Å². The Bertz CT molecular complexity index is 660. The van der Waals surface area contributed by atoms with Crippen LogP contribution in [-0.2, 0) is 6.42 Å². The molecule has 128 valence electrons. The van der Waals surface area contributed by atoms with Gasteiger partial charge in [0.25, 0.3) is 5.91 Å². The number of nitrogens with one attached hydrogen (secondary N) is 1. The zero-order chi connectivity index (χ0) is 16.8. The number of hydrogen-bond donors (Lipinski definition) is 1. The molecule has 0 saturated carbocycles. The van der Waals surface area contributed by atoms with Gasteiger partial charge in [0.2, 0.25) is 0 Å². The van der Waals surface area contributed by atoms with Crippen molar-refractivity contribution in [3.63, 3.8) is 0 Å². The lowest BCUT2D eigenvalue weighted by Crippen LogP contribution is -2.27. The SMILES string of the molecule is Cc1nc(CCNC(=O)c2ccc(N3CCCCCC3)nc2)cs1. The van der Waals surface area contributed by atoms with E-state index in [2.05, 4.69) is 20.2 Å². The molecule has 0 radical (unpaired) electrons. The van der Waals surface area contributed by atoms with Crippen molar-refractivity contribution in [2.24, 2.45) is 0 Å². The number of amides is 1. The standard InChI is InChI=1S/C18H24N4OS/c1-14-21-16(13-24-14)8-9-19-18(23)15-6-7-17(20-12-15)22-10-4-2-3-5-11-22/h6-7,12-13H,2-5,8-11H2,1H3,(H,19,23). The first-order chi connectivity index (χ1) is 11.7. The summed E-state index contributed by atoms with van der Waals surface area (Å²) >= 11 is 1.64. The van der Waals surface area contributed by atoms with Crippen molar-refractivity contribution < 1.29 is 4.79 Å².